The topological polar surface area (TPSA) is 117 Å². The molecule has 6 rings (SSSR count). The summed E-state index contributed by atoms with van der Waals surface area (Å²) in [7, 11) is 0. The maximum Gasteiger partial charge on any atom is 0.295 e. The summed E-state index contributed by atoms with van der Waals surface area (Å²) in [4.78, 5) is 7.74. The number of hydrogen-bond donors (Lipinski definition) is 4. The van der Waals surface area contributed by atoms with Crippen LogP contribution in [0.4, 0.5) is 0 Å². The van der Waals surface area contributed by atoms with Crippen LogP contribution in [-0.4, -0.2) is 62.9 Å². The van der Waals surface area contributed by atoms with Crippen LogP contribution in [0.15, 0.2) is 60.7 Å². The molecule has 0 spiro atoms. The average Bonchev–Trinajstić information content (AvgIpc) is 3.50. The van der Waals surface area contributed by atoms with Gasteiger partial charge in [0.2, 0.25) is 0 Å². The van der Waals surface area contributed by atoms with Gasteiger partial charge in [-0.1, -0.05) is 36.4 Å². The van der Waals surface area contributed by atoms with E-state index in [1.54, 1.807) is 18.2 Å². The van der Waals surface area contributed by atoms with Gasteiger partial charge in [0.25, 0.3) is 6.01 Å². The third-order valence-electron chi connectivity index (χ3n) is 6.23. The van der Waals surface area contributed by atoms with Crippen LogP contribution in [0.25, 0.3) is 33.3 Å². The van der Waals surface area contributed by atoms with Crippen molar-refractivity contribution in [3.63, 3.8) is 0 Å². The van der Waals surface area contributed by atoms with Crippen LogP contribution < -0.4 is 4.74 Å². The fourth-order valence-corrected chi connectivity index (χ4v) is 4.56. The van der Waals surface area contributed by atoms with E-state index in [9.17, 15) is 15.3 Å². The SMILES string of the molecule is Oc1cccc(O)c1-c1ccc(-c2ccc3[nH]c(O[C@@H]4CO[C@H]5[C@@H]4OC[C@H]5O)nc3c2)cc1. The van der Waals surface area contributed by atoms with Gasteiger partial charge in [0.15, 0.2) is 6.10 Å². The molecule has 2 fully saturated rings. The number of ether oxygens (including phenoxy) is 3. The van der Waals surface area contributed by atoms with Gasteiger partial charge in [0.1, 0.15) is 29.8 Å². The molecule has 0 saturated carbocycles. The van der Waals surface area contributed by atoms with Crippen LogP contribution in [0.5, 0.6) is 17.5 Å². The summed E-state index contributed by atoms with van der Waals surface area (Å²) in [6, 6.07) is 18.6. The van der Waals surface area contributed by atoms with E-state index in [0.29, 0.717) is 18.2 Å². The molecule has 3 aromatic carbocycles. The van der Waals surface area contributed by atoms with Crippen molar-refractivity contribution >= 4 is 11.0 Å². The lowest BCUT2D eigenvalue weighted by Crippen LogP contribution is -2.34. The van der Waals surface area contributed by atoms with Gasteiger partial charge in [0.05, 0.1) is 29.8 Å². The first kappa shape index (κ1) is 20.0. The minimum atomic E-state index is -0.622. The Kier molecular flexibility index (Phi) is 4.72. The van der Waals surface area contributed by atoms with E-state index in [1.807, 2.05) is 42.5 Å². The van der Waals surface area contributed by atoms with Gasteiger partial charge in [-0.3, -0.25) is 0 Å². The normalized spacial score (nSPS) is 24.3. The summed E-state index contributed by atoms with van der Waals surface area (Å²) in [5, 5.41) is 30.1. The van der Waals surface area contributed by atoms with Crippen molar-refractivity contribution < 1.29 is 29.5 Å². The van der Waals surface area contributed by atoms with Crippen molar-refractivity contribution in [3.8, 4) is 39.8 Å². The zero-order valence-electron chi connectivity index (χ0n) is 17.5. The molecule has 1 aromatic heterocycles. The van der Waals surface area contributed by atoms with E-state index in [1.165, 1.54) is 0 Å². The lowest BCUT2D eigenvalue weighted by atomic mass is 9.99. The Morgan fingerprint density at radius 1 is 0.848 bits per heavy atom. The quantitative estimate of drug-likeness (QED) is 0.380. The van der Waals surface area contributed by atoms with Crippen LogP contribution in [0.3, 0.4) is 0 Å². The molecule has 8 nitrogen and oxygen atoms in total. The fraction of sp³-hybridized carbons (Fsp3) is 0.240. The van der Waals surface area contributed by atoms with E-state index in [0.717, 1.165) is 27.7 Å². The average molecular weight is 446 g/mol. The van der Waals surface area contributed by atoms with Crippen LogP contribution >= 0.6 is 0 Å². The number of H-pyrrole nitrogens is 1. The number of nitrogens with one attached hydrogen (secondary N) is 1. The largest absolute Gasteiger partial charge is 0.507 e. The lowest BCUT2D eigenvalue weighted by Gasteiger charge is -2.15. The number of phenolic OH excluding ortho intramolecular Hbond substituents is 2. The van der Waals surface area contributed by atoms with Crippen molar-refractivity contribution in [1.82, 2.24) is 9.97 Å². The summed E-state index contributed by atoms with van der Waals surface area (Å²) >= 11 is 0. The molecule has 2 saturated heterocycles. The number of aromatic nitrogens is 2. The number of nitrogens with zero attached hydrogens (tertiary/aromatic N) is 1. The van der Waals surface area contributed by atoms with Gasteiger partial charge in [0, 0.05) is 0 Å². The zero-order chi connectivity index (χ0) is 22.5. The molecule has 2 aliphatic rings. The van der Waals surface area contributed by atoms with Crippen LogP contribution in [-0.2, 0) is 9.47 Å². The minimum absolute atomic E-state index is 0.0321. The monoisotopic (exact) mass is 446 g/mol. The third kappa shape index (κ3) is 3.48. The Labute approximate surface area is 189 Å². The molecule has 4 N–H and O–H groups in total. The predicted octanol–water partition coefficient (Wildman–Crippen LogP) is 3.21. The highest BCUT2D eigenvalue weighted by molar-refractivity contribution is 5.83. The minimum Gasteiger partial charge on any atom is -0.507 e. The standard InChI is InChI=1S/C25H22N2O6/c28-18-2-1-3-19(29)22(18)14-6-4-13(5-7-14)15-8-9-16-17(10-15)27-25(26-16)33-21-12-32-23-20(30)11-31-24(21)23/h1-10,20-21,23-24,28-30H,11-12H2,(H,26,27)/t20-,21-,23-,24-/m1/s1. The first-order valence-electron chi connectivity index (χ1n) is 10.8. The van der Waals surface area contributed by atoms with Gasteiger partial charge in [-0.05, 0) is 41.0 Å². The van der Waals surface area contributed by atoms with Crippen molar-refractivity contribution in [3.05, 3.63) is 60.7 Å². The number of aromatic amines is 1. The third-order valence-corrected chi connectivity index (χ3v) is 6.23. The summed E-state index contributed by atoms with van der Waals surface area (Å²) in [6.45, 7) is 0.592. The van der Waals surface area contributed by atoms with Gasteiger partial charge in [-0.25, -0.2) is 0 Å². The van der Waals surface area contributed by atoms with E-state index in [-0.39, 0.29) is 36.4 Å². The summed E-state index contributed by atoms with van der Waals surface area (Å²) in [5.74, 6) is 0.0643. The maximum absolute atomic E-state index is 10.1. The number of aliphatic hydroxyl groups excluding tert-OH is 1. The van der Waals surface area contributed by atoms with E-state index >= 15 is 0 Å². The summed E-state index contributed by atoms with van der Waals surface area (Å²) in [5.41, 5.74) is 4.68. The lowest BCUT2D eigenvalue weighted by molar-refractivity contribution is 0.00706. The molecule has 0 unspecified atom stereocenters. The summed E-state index contributed by atoms with van der Waals surface area (Å²) in [6.07, 6.45) is -1.60. The number of benzene rings is 3. The van der Waals surface area contributed by atoms with Crippen molar-refractivity contribution in [2.45, 2.75) is 24.4 Å². The fourth-order valence-electron chi connectivity index (χ4n) is 4.56. The molecule has 0 amide bonds. The Bertz CT molecular complexity index is 1300. The number of hydrogen-bond acceptors (Lipinski definition) is 7. The smallest absolute Gasteiger partial charge is 0.295 e. The molecule has 0 bridgehead atoms. The number of aromatic hydroxyl groups is 2. The van der Waals surface area contributed by atoms with Crippen molar-refractivity contribution in [2.75, 3.05) is 13.2 Å². The second kappa shape index (κ2) is 7.77. The Morgan fingerprint density at radius 2 is 1.55 bits per heavy atom. The molecule has 2 aliphatic heterocycles. The molecule has 4 atom stereocenters. The highest BCUT2D eigenvalue weighted by Crippen LogP contribution is 2.38. The number of rotatable bonds is 4. The molecule has 168 valence electrons. The number of imidazole rings is 1. The molecule has 0 aliphatic carbocycles. The Hall–Kier alpha value is -3.59. The maximum atomic E-state index is 10.1. The molecule has 8 heteroatoms. The number of aliphatic hydroxyl groups is 1. The predicted molar refractivity (Wildman–Crippen MR) is 120 cm³/mol. The van der Waals surface area contributed by atoms with Gasteiger partial charge in [-0.2, -0.15) is 4.98 Å². The van der Waals surface area contributed by atoms with E-state index in [2.05, 4.69) is 9.97 Å². The van der Waals surface area contributed by atoms with Crippen molar-refractivity contribution in [2.24, 2.45) is 0 Å². The van der Waals surface area contributed by atoms with Crippen LogP contribution in [0, 0.1) is 0 Å². The van der Waals surface area contributed by atoms with Crippen LogP contribution in [0.2, 0.25) is 0 Å². The van der Waals surface area contributed by atoms with Gasteiger partial charge < -0.3 is 34.5 Å². The van der Waals surface area contributed by atoms with Gasteiger partial charge >= 0.3 is 0 Å². The first-order valence-corrected chi connectivity index (χ1v) is 10.8. The number of fused-ring (bicyclic) bond motifs is 2. The first-order chi connectivity index (χ1) is 16.1. The van der Waals surface area contributed by atoms with E-state index < -0.39 is 6.10 Å². The van der Waals surface area contributed by atoms with Gasteiger partial charge in [-0.15, -0.1) is 0 Å². The van der Waals surface area contributed by atoms with Crippen molar-refractivity contribution in [1.29, 1.82) is 0 Å². The Morgan fingerprint density at radius 3 is 2.33 bits per heavy atom. The van der Waals surface area contributed by atoms with Crippen LogP contribution in [0.1, 0.15) is 0 Å². The van der Waals surface area contributed by atoms with E-state index in [4.69, 9.17) is 14.2 Å². The Balaban J connectivity index is 1.24. The zero-order valence-corrected chi connectivity index (χ0v) is 17.5. The summed E-state index contributed by atoms with van der Waals surface area (Å²) < 4.78 is 17.2. The molecule has 0 radical (unpaired) electrons. The molecule has 4 aromatic rings. The highest BCUT2D eigenvalue weighted by atomic mass is 16.6. The second-order valence-electron chi connectivity index (χ2n) is 8.34. The molecular formula is C25H22N2O6. The highest BCUT2D eigenvalue weighted by Gasteiger charge is 2.48. The number of phenols is 2. The molecule has 33 heavy (non-hydrogen) atoms. The second-order valence-corrected chi connectivity index (χ2v) is 8.34. The molecule has 3 heterocycles. The molecular weight excluding hydrogens is 424 g/mol.